The largest absolute Gasteiger partial charge is 0.444 e. The van der Waals surface area contributed by atoms with Crippen molar-refractivity contribution in [3.63, 3.8) is 0 Å². The Kier molecular flexibility index (Phi) is 10.0. The molecule has 12 nitrogen and oxygen atoms in total. The number of alkyl carbamates (subject to hydrolysis) is 1. The number of ether oxygens (including phenoxy) is 1. The fourth-order valence-corrected chi connectivity index (χ4v) is 6.18. The van der Waals surface area contributed by atoms with Crippen molar-refractivity contribution < 1.29 is 32.3 Å². The number of carbonyl (C=O) groups excluding carboxylic acids is 4. The molecule has 0 aromatic carbocycles. The van der Waals surface area contributed by atoms with Crippen molar-refractivity contribution in [2.24, 2.45) is 11.3 Å². The first-order valence-electron chi connectivity index (χ1n) is 13.8. The fraction of sp³-hybridized carbons (Fsp3) is 0.741. The van der Waals surface area contributed by atoms with Gasteiger partial charge in [0.15, 0.2) is 5.78 Å². The van der Waals surface area contributed by atoms with E-state index >= 15 is 0 Å². The quantitative estimate of drug-likeness (QED) is 0.369. The molecule has 0 unspecified atom stereocenters. The molecule has 4 atom stereocenters. The number of hydrogen-bond donors (Lipinski definition) is 2. The van der Waals surface area contributed by atoms with Gasteiger partial charge in [0.25, 0.3) is 0 Å². The Morgan fingerprint density at radius 1 is 1.20 bits per heavy atom. The molecule has 3 amide bonds. The van der Waals surface area contributed by atoms with Crippen LogP contribution in [-0.2, 0) is 29.3 Å². The van der Waals surface area contributed by atoms with Gasteiger partial charge in [-0.25, -0.2) is 9.52 Å². The number of nitriles is 1. The zero-order chi connectivity index (χ0) is 29.7. The summed E-state index contributed by atoms with van der Waals surface area (Å²) in [6, 6.07) is 0.109. The molecule has 2 aliphatic heterocycles. The van der Waals surface area contributed by atoms with Gasteiger partial charge in [0, 0.05) is 20.0 Å². The lowest BCUT2D eigenvalue weighted by Gasteiger charge is -2.30. The number of nitrogens with one attached hydrogen (secondary N) is 2. The summed E-state index contributed by atoms with van der Waals surface area (Å²) in [5, 5.41) is 11.6. The van der Waals surface area contributed by atoms with E-state index < -0.39 is 51.9 Å². The summed E-state index contributed by atoms with van der Waals surface area (Å²) in [6.07, 6.45) is 7.69. The number of ketones is 1. The second kappa shape index (κ2) is 12.7. The number of amides is 3. The lowest BCUT2D eigenvalue weighted by molar-refractivity contribution is -0.140. The normalized spacial score (nSPS) is 28.8. The summed E-state index contributed by atoms with van der Waals surface area (Å²) in [6.45, 7) is 5.11. The second-order valence-electron chi connectivity index (χ2n) is 11.9. The van der Waals surface area contributed by atoms with Crippen molar-refractivity contribution in [3.05, 3.63) is 12.2 Å². The van der Waals surface area contributed by atoms with Crippen LogP contribution < -0.4 is 10.0 Å². The molecule has 2 fully saturated rings. The van der Waals surface area contributed by atoms with Crippen LogP contribution in [0.5, 0.6) is 0 Å². The summed E-state index contributed by atoms with van der Waals surface area (Å²) < 4.78 is 33.3. The molecule has 3 rings (SSSR count). The van der Waals surface area contributed by atoms with E-state index in [1.807, 2.05) is 12.2 Å². The second-order valence-corrected chi connectivity index (χ2v) is 13.7. The van der Waals surface area contributed by atoms with Gasteiger partial charge in [-0.15, -0.1) is 0 Å². The fourth-order valence-electron chi connectivity index (χ4n) is 5.36. The summed E-state index contributed by atoms with van der Waals surface area (Å²) in [7, 11) is -3.08. The van der Waals surface area contributed by atoms with Crippen molar-refractivity contribution in [3.8, 4) is 6.07 Å². The van der Waals surface area contributed by atoms with Crippen molar-refractivity contribution in [1.29, 1.82) is 5.26 Å². The van der Waals surface area contributed by atoms with E-state index in [4.69, 9.17) is 10.00 Å². The molecule has 1 aliphatic carbocycles. The Balaban J connectivity index is 1.84. The van der Waals surface area contributed by atoms with Gasteiger partial charge in [0.05, 0.1) is 17.5 Å². The number of allylic oxidation sites excluding steroid dienone is 2. The van der Waals surface area contributed by atoms with Crippen LogP contribution in [0.4, 0.5) is 4.79 Å². The SMILES string of the molecule is CN(CC#N)S(=O)(=O)NC(=O)[C@]12CC(=O)[C@@H]3CCCN3C(=O)[C@@H](NC(=O)OC(C)(C)C)CCCCC/C=C\[C@@H]1C2. The predicted molar refractivity (Wildman–Crippen MR) is 146 cm³/mol. The van der Waals surface area contributed by atoms with Crippen LogP contribution in [0.1, 0.15) is 78.6 Å². The van der Waals surface area contributed by atoms with Gasteiger partial charge in [-0.3, -0.25) is 14.4 Å². The van der Waals surface area contributed by atoms with Crippen molar-refractivity contribution in [1.82, 2.24) is 19.2 Å². The maximum absolute atomic E-state index is 13.6. The number of nitrogens with zero attached hydrogens (tertiary/aromatic N) is 3. The minimum Gasteiger partial charge on any atom is -0.444 e. The maximum Gasteiger partial charge on any atom is 0.408 e. The molecular formula is C27H41N5O7S. The first kappa shape index (κ1) is 31.5. The molecule has 3 aliphatic rings. The van der Waals surface area contributed by atoms with E-state index in [1.165, 1.54) is 11.9 Å². The summed E-state index contributed by atoms with van der Waals surface area (Å²) >= 11 is 0. The zero-order valence-corrected chi connectivity index (χ0v) is 24.6. The van der Waals surface area contributed by atoms with Crippen LogP contribution in [0.25, 0.3) is 0 Å². The lowest BCUT2D eigenvalue weighted by atomic mass is 9.91. The Bertz CT molecular complexity index is 1170. The Morgan fingerprint density at radius 2 is 1.93 bits per heavy atom. The number of Topliss-reactive ketones (excluding diaryl/α,β-unsaturated/α-hetero) is 1. The molecule has 2 N–H and O–H groups in total. The van der Waals surface area contributed by atoms with E-state index in [0.29, 0.717) is 38.6 Å². The van der Waals surface area contributed by atoms with Crippen molar-refractivity contribution in [2.75, 3.05) is 20.1 Å². The van der Waals surface area contributed by atoms with Gasteiger partial charge in [-0.05, 0) is 65.2 Å². The molecular weight excluding hydrogens is 538 g/mol. The van der Waals surface area contributed by atoms with Gasteiger partial charge in [-0.1, -0.05) is 25.0 Å². The molecule has 0 spiro atoms. The van der Waals surface area contributed by atoms with E-state index in [9.17, 15) is 27.6 Å². The van der Waals surface area contributed by atoms with Crippen LogP contribution in [0, 0.1) is 22.7 Å². The number of fused-ring (bicyclic) bond motifs is 2. The summed E-state index contributed by atoms with van der Waals surface area (Å²) in [5.74, 6) is -1.78. The minimum absolute atomic E-state index is 0.218. The first-order chi connectivity index (χ1) is 18.7. The molecule has 2 heterocycles. The molecule has 1 saturated heterocycles. The van der Waals surface area contributed by atoms with Crippen LogP contribution in [0.15, 0.2) is 12.2 Å². The molecule has 0 radical (unpaired) electrons. The summed E-state index contributed by atoms with van der Waals surface area (Å²) in [5.41, 5.74) is -1.99. The Labute approximate surface area is 236 Å². The average molecular weight is 580 g/mol. The van der Waals surface area contributed by atoms with Gasteiger partial charge >= 0.3 is 16.3 Å². The third kappa shape index (κ3) is 7.81. The van der Waals surface area contributed by atoms with Crippen molar-refractivity contribution in [2.45, 2.75) is 96.2 Å². The van der Waals surface area contributed by atoms with Gasteiger partial charge < -0.3 is 15.0 Å². The zero-order valence-electron chi connectivity index (χ0n) is 23.8. The van der Waals surface area contributed by atoms with Gasteiger partial charge in [-0.2, -0.15) is 18.0 Å². The molecule has 13 heteroatoms. The summed E-state index contributed by atoms with van der Waals surface area (Å²) in [4.78, 5) is 54.6. The molecule has 0 aromatic rings. The smallest absolute Gasteiger partial charge is 0.408 e. The molecule has 40 heavy (non-hydrogen) atoms. The van der Waals surface area contributed by atoms with Crippen LogP contribution in [0.2, 0.25) is 0 Å². The number of hydrogen-bond acceptors (Lipinski definition) is 8. The highest BCUT2D eigenvalue weighted by Gasteiger charge is 2.61. The highest BCUT2D eigenvalue weighted by molar-refractivity contribution is 7.87. The standard InChI is InChI=1S/C27H41N5O7S/c1-26(2,3)39-25(36)29-20-12-9-7-5-6-8-11-19-17-27(19,24(35)30-40(37,38)31(4)16-14-28)18-22(33)21-13-10-15-32(21)23(20)34/h8,11,19-21H,5-7,9-10,12-13,15-18H2,1-4H3,(H,29,36)(H,30,35)/b11-8-/t19-,20+,21+,27-/m1/s1. The topological polar surface area (TPSA) is 166 Å². The predicted octanol–water partition coefficient (Wildman–Crippen LogP) is 2.17. The maximum atomic E-state index is 13.6. The average Bonchev–Trinajstić information content (AvgIpc) is 3.30. The highest BCUT2D eigenvalue weighted by Crippen LogP contribution is 2.57. The minimum atomic E-state index is -4.26. The van der Waals surface area contributed by atoms with E-state index in [2.05, 4.69) is 10.0 Å². The number of rotatable bonds is 5. The van der Waals surface area contributed by atoms with E-state index in [1.54, 1.807) is 26.8 Å². The van der Waals surface area contributed by atoms with Gasteiger partial charge in [0.1, 0.15) is 18.2 Å². The monoisotopic (exact) mass is 579 g/mol. The number of carbonyl (C=O) groups is 4. The van der Waals surface area contributed by atoms with Crippen LogP contribution in [-0.4, -0.2) is 79.1 Å². The Hall–Kier alpha value is -2.98. The van der Waals surface area contributed by atoms with E-state index in [0.717, 1.165) is 23.6 Å². The third-order valence-electron chi connectivity index (χ3n) is 7.63. The molecule has 222 valence electrons. The first-order valence-corrected chi connectivity index (χ1v) is 15.3. The van der Waals surface area contributed by atoms with Crippen LogP contribution in [0.3, 0.4) is 0 Å². The molecule has 0 bridgehead atoms. The third-order valence-corrected chi connectivity index (χ3v) is 9.02. The van der Waals surface area contributed by atoms with E-state index in [-0.39, 0.29) is 24.0 Å². The lowest BCUT2D eigenvalue weighted by Crippen LogP contribution is -2.53. The molecule has 1 saturated carbocycles. The van der Waals surface area contributed by atoms with Crippen LogP contribution >= 0.6 is 0 Å². The van der Waals surface area contributed by atoms with Crippen molar-refractivity contribution >= 4 is 33.9 Å². The highest BCUT2D eigenvalue weighted by atomic mass is 32.2. The Morgan fingerprint density at radius 3 is 2.60 bits per heavy atom. The molecule has 0 aromatic heterocycles. The van der Waals surface area contributed by atoms with Gasteiger partial charge in [0.2, 0.25) is 11.8 Å².